The van der Waals surface area contributed by atoms with Gasteiger partial charge in [-0.05, 0) is 58.0 Å². The van der Waals surface area contributed by atoms with Crippen LogP contribution >= 0.6 is 0 Å². The van der Waals surface area contributed by atoms with Gasteiger partial charge in [0.05, 0.1) is 12.5 Å². The van der Waals surface area contributed by atoms with Crippen molar-refractivity contribution in [2.45, 2.75) is 75.5 Å². The molecule has 0 aromatic heterocycles. The molecular formula is C20H33N5O7. The first-order valence-electron chi connectivity index (χ1n) is 11.0. The number of likely N-dealkylation sites (tertiary alicyclic amines) is 1. The van der Waals surface area contributed by atoms with Gasteiger partial charge >= 0.3 is 11.9 Å². The predicted octanol–water partition coefficient (Wildman–Crippen LogP) is -1.61. The fraction of sp³-hybridized carbons (Fsp3) is 0.750. The molecule has 0 aliphatic carbocycles. The van der Waals surface area contributed by atoms with Crippen LogP contribution in [0, 0.1) is 0 Å². The number of aliphatic carboxylic acids is 2. The molecule has 2 rings (SSSR count). The summed E-state index contributed by atoms with van der Waals surface area (Å²) in [4.78, 5) is 62.4. The normalized spacial score (nSPS) is 22.2. The van der Waals surface area contributed by atoms with Gasteiger partial charge in [0.15, 0.2) is 0 Å². The molecule has 3 amide bonds. The van der Waals surface area contributed by atoms with Crippen LogP contribution in [0.25, 0.3) is 0 Å². The van der Waals surface area contributed by atoms with E-state index in [2.05, 4.69) is 16.0 Å². The monoisotopic (exact) mass is 455 g/mol. The van der Waals surface area contributed by atoms with E-state index < -0.39 is 48.3 Å². The lowest BCUT2D eigenvalue weighted by Crippen LogP contribution is -2.57. The Kier molecular flexibility index (Phi) is 9.85. The van der Waals surface area contributed by atoms with Gasteiger partial charge in [0.25, 0.3) is 0 Å². The molecule has 0 aromatic rings. The Hall–Kier alpha value is -2.73. The van der Waals surface area contributed by atoms with Crippen LogP contribution in [0.1, 0.15) is 51.4 Å². The smallest absolute Gasteiger partial charge is 0.326 e. The highest BCUT2D eigenvalue weighted by Gasteiger charge is 2.39. The van der Waals surface area contributed by atoms with E-state index in [-0.39, 0.29) is 18.4 Å². The first-order valence-corrected chi connectivity index (χ1v) is 11.0. The van der Waals surface area contributed by atoms with E-state index in [4.69, 9.17) is 5.73 Å². The van der Waals surface area contributed by atoms with Gasteiger partial charge in [0, 0.05) is 6.54 Å². The van der Waals surface area contributed by atoms with Gasteiger partial charge in [-0.15, -0.1) is 0 Å². The summed E-state index contributed by atoms with van der Waals surface area (Å²) in [6, 6.07) is -3.82. The lowest BCUT2D eigenvalue weighted by atomic mass is 10.1. The number of unbranched alkanes of at least 4 members (excludes halogenated alkanes) is 1. The highest BCUT2D eigenvalue weighted by Crippen LogP contribution is 2.21. The number of nitrogens with two attached hydrogens (primary N) is 1. The topological polar surface area (TPSA) is 191 Å². The Labute approximate surface area is 186 Å². The van der Waals surface area contributed by atoms with E-state index in [0.29, 0.717) is 45.2 Å². The van der Waals surface area contributed by atoms with Crippen molar-refractivity contribution in [3.05, 3.63) is 0 Å². The molecule has 0 spiro atoms. The van der Waals surface area contributed by atoms with Crippen LogP contribution in [-0.2, 0) is 24.0 Å². The molecule has 2 heterocycles. The van der Waals surface area contributed by atoms with Crippen molar-refractivity contribution in [2.24, 2.45) is 5.73 Å². The molecule has 7 N–H and O–H groups in total. The van der Waals surface area contributed by atoms with E-state index in [0.717, 1.165) is 13.0 Å². The Morgan fingerprint density at radius 3 is 2.38 bits per heavy atom. The molecule has 32 heavy (non-hydrogen) atoms. The number of amides is 3. The lowest BCUT2D eigenvalue weighted by Gasteiger charge is -2.28. The SMILES string of the molecule is NCCCCC(NC(=O)C(CC(=O)O)NC(=O)C1CCCN1C(=O)C1CCCN1)C(=O)O. The van der Waals surface area contributed by atoms with Crippen molar-refractivity contribution in [1.29, 1.82) is 0 Å². The second kappa shape index (κ2) is 12.3. The molecule has 0 saturated carbocycles. The molecule has 2 aliphatic rings. The molecule has 0 radical (unpaired) electrons. The standard InChI is InChI=1S/C20H33N5O7/c21-8-2-1-5-13(20(31)32)23-17(28)14(11-16(26)27)24-18(29)15-7-4-10-25(15)19(30)12-6-3-9-22-12/h12-15,22H,1-11,21H2,(H,23,28)(H,24,29)(H,26,27)(H,31,32). The zero-order chi connectivity index (χ0) is 23.7. The maximum atomic E-state index is 12.9. The van der Waals surface area contributed by atoms with Crippen LogP contribution in [0.2, 0.25) is 0 Å². The summed E-state index contributed by atoms with van der Waals surface area (Å²) >= 11 is 0. The van der Waals surface area contributed by atoms with E-state index >= 15 is 0 Å². The summed E-state index contributed by atoms with van der Waals surface area (Å²) in [5, 5.41) is 26.3. The van der Waals surface area contributed by atoms with Crippen molar-refractivity contribution in [3.63, 3.8) is 0 Å². The Bertz CT molecular complexity index is 710. The Morgan fingerprint density at radius 1 is 1.03 bits per heavy atom. The maximum Gasteiger partial charge on any atom is 0.326 e. The quantitative estimate of drug-likeness (QED) is 0.188. The van der Waals surface area contributed by atoms with Crippen molar-refractivity contribution in [3.8, 4) is 0 Å². The zero-order valence-electron chi connectivity index (χ0n) is 18.0. The molecule has 4 unspecified atom stereocenters. The molecular weight excluding hydrogens is 422 g/mol. The second-order valence-corrected chi connectivity index (χ2v) is 8.18. The van der Waals surface area contributed by atoms with Gasteiger partial charge in [-0.3, -0.25) is 19.2 Å². The first-order chi connectivity index (χ1) is 15.2. The number of hydrogen-bond acceptors (Lipinski definition) is 7. The number of hydrogen-bond donors (Lipinski definition) is 6. The average molecular weight is 456 g/mol. The molecule has 0 aromatic carbocycles. The second-order valence-electron chi connectivity index (χ2n) is 8.18. The van der Waals surface area contributed by atoms with Gasteiger partial charge in [-0.1, -0.05) is 0 Å². The predicted molar refractivity (Wildman–Crippen MR) is 112 cm³/mol. The third-order valence-corrected chi connectivity index (χ3v) is 5.77. The molecule has 2 aliphatic heterocycles. The van der Waals surface area contributed by atoms with E-state index in [1.165, 1.54) is 4.90 Å². The zero-order valence-corrected chi connectivity index (χ0v) is 18.0. The molecule has 12 heteroatoms. The first kappa shape index (κ1) is 25.5. The van der Waals surface area contributed by atoms with Gasteiger partial charge in [0.1, 0.15) is 18.1 Å². The Morgan fingerprint density at radius 2 is 1.78 bits per heavy atom. The van der Waals surface area contributed by atoms with Crippen LogP contribution in [0.15, 0.2) is 0 Å². The minimum atomic E-state index is -1.46. The summed E-state index contributed by atoms with van der Waals surface area (Å²) in [5.41, 5.74) is 5.40. The van der Waals surface area contributed by atoms with Crippen LogP contribution in [-0.4, -0.2) is 88.6 Å². The van der Waals surface area contributed by atoms with E-state index in [1.54, 1.807) is 0 Å². The fourth-order valence-corrected chi connectivity index (χ4v) is 4.07. The van der Waals surface area contributed by atoms with Crippen LogP contribution in [0.3, 0.4) is 0 Å². The number of carboxylic acids is 2. The van der Waals surface area contributed by atoms with Crippen molar-refractivity contribution in [1.82, 2.24) is 20.9 Å². The molecule has 4 atom stereocenters. The van der Waals surface area contributed by atoms with Gasteiger partial charge < -0.3 is 36.8 Å². The maximum absolute atomic E-state index is 12.9. The van der Waals surface area contributed by atoms with Crippen LogP contribution < -0.4 is 21.7 Å². The molecule has 0 bridgehead atoms. The van der Waals surface area contributed by atoms with E-state index in [1.807, 2.05) is 0 Å². The lowest BCUT2D eigenvalue weighted by molar-refractivity contribution is -0.145. The van der Waals surface area contributed by atoms with Crippen molar-refractivity contribution >= 4 is 29.7 Å². The highest BCUT2D eigenvalue weighted by atomic mass is 16.4. The number of rotatable bonds is 12. The minimum absolute atomic E-state index is 0.130. The van der Waals surface area contributed by atoms with Gasteiger partial charge in [-0.2, -0.15) is 0 Å². The van der Waals surface area contributed by atoms with Gasteiger partial charge in [-0.25, -0.2) is 4.79 Å². The third-order valence-electron chi connectivity index (χ3n) is 5.77. The molecule has 2 saturated heterocycles. The number of carbonyl (C=O) groups is 5. The highest BCUT2D eigenvalue weighted by molar-refractivity contribution is 5.95. The van der Waals surface area contributed by atoms with Crippen molar-refractivity contribution < 1.29 is 34.2 Å². The fourth-order valence-electron chi connectivity index (χ4n) is 4.07. The summed E-state index contributed by atoms with van der Waals surface area (Å²) in [7, 11) is 0. The number of nitrogens with zero attached hydrogens (tertiary/aromatic N) is 1. The summed E-state index contributed by atoms with van der Waals surface area (Å²) in [6.45, 7) is 1.52. The van der Waals surface area contributed by atoms with Crippen molar-refractivity contribution in [2.75, 3.05) is 19.6 Å². The average Bonchev–Trinajstić information content (AvgIpc) is 3.43. The largest absolute Gasteiger partial charge is 0.481 e. The Balaban J connectivity index is 2.03. The van der Waals surface area contributed by atoms with Crippen LogP contribution in [0.5, 0.6) is 0 Å². The molecule has 2 fully saturated rings. The number of nitrogens with one attached hydrogen (secondary N) is 3. The van der Waals surface area contributed by atoms with Gasteiger partial charge in [0.2, 0.25) is 17.7 Å². The molecule has 12 nitrogen and oxygen atoms in total. The molecule has 180 valence electrons. The summed E-state index contributed by atoms with van der Waals surface area (Å²) in [5.74, 6) is -4.27. The van der Waals surface area contributed by atoms with Crippen LogP contribution in [0.4, 0.5) is 0 Å². The number of carbonyl (C=O) groups excluding carboxylic acids is 3. The number of carboxylic acid groups (broad SMARTS) is 2. The minimum Gasteiger partial charge on any atom is -0.481 e. The third kappa shape index (κ3) is 7.16. The summed E-state index contributed by atoms with van der Waals surface area (Å²) < 4.78 is 0. The summed E-state index contributed by atoms with van der Waals surface area (Å²) in [6.07, 6.45) is 3.06. The van der Waals surface area contributed by atoms with E-state index in [9.17, 15) is 34.2 Å².